The minimum Gasteiger partial charge on any atom is -0.497 e. The fourth-order valence-corrected chi connectivity index (χ4v) is 5.57. The van der Waals surface area contributed by atoms with Crippen molar-refractivity contribution in [1.82, 2.24) is 4.98 Å². The summed E-state index contributed by atoms with van der Waals surface area (Å²) in [5, 5.41) is 0.497. The van der Waals surface area contributed by atoms with Gasteiger partial charge in [-0.3, -0.25) is 9.78 Å². The molecule has 7 nitrogen and oxygen atoms in total. The largest absolute Gasteiger partial charge is 0.497 e. The van der Waals surface area contributed by atoms with E-state index in [-0.39, 0.29) is 24.4 Å². The highest BCUT2D eigenvalue weighted by Gasteiger charge is 2.37. The van der Waals surface area contributed by atoms with Gasteiger partial charge in [-0.05, 0) is 77.8 Å². The maximum Gasteiger partial charge on any atom is 0.308 e. The number of anilines is 2. The van der Waals surface area contributed by atoms with Gasteiger partial charge in [-0.1, -0.05) is 12.2 Å². The number of hydrogen-bond donors (Lipinski definition) is 0. The highest BCUT2D eigenvalue weighted by molar-refractivity contribution is 5.99. The van der Waals surface area contributed by atoms with Crippen molar-refractivity contribution in [1.29, 1.82) is 0 Å². The summed E-state index contributed by atoms with van der Waals surface area (Å²) in [5.41, 5.74) is 3.01. The van der Waals surface area contributed by atoms with Crippen LogP contribution >= 0.6 is 0 Å². The van der Waals surface area contributed by atoms with Crippen LogP contribution in [-0.4, -0.2) is 48.7 Å². The SMILES string of the molecule is COc1ccc(N(C)c2c(/C=C/[C@@H]3C[C@H](CC(=O)OC(C)(C)C)OC(C)(C)O3)c(C3CC3)nc3cc(F)c(F)cc23)cc1. The van der Waals surface area contributed by atoms with Crippen LogP contribution in [0, 0.1) is 11.6 Å². The number of rotatable bonds is 8. The van der Waals surface area contributed by atoms with Crippen LogP contribution in [0.3, 0.4) is 0 Å². The first-order valence-corrected chi connectivity index (χ1v) is 14.7. The first-order chi connectivity index (χ1) is 20.2. The number of carbonyl (C=O) groups is 1. The van der Waals surface area contributed by atoms with Crippen molar-refractivity contribution in [3.8, 4) is 5.75 Å². The lowest BCUT2D eigenvalue weighted by Crippen LogP contribution is -2.45. The Bertz CT molecular complexity index is 1530. The maximum atomic E-state index is 14.7. The van der Waals surface area contributed by atoms with E-state index in [0.29, 0.717) is 28.8 Å². The molecule has 0 amide bonds. The topological polar surface area (TPSA) is 70.1 Å². The van der Waals surface area contributed by atoms with E-state index in [0.717, 1.165) is 29.8 Å². The zero-order valence-electron chi connectivity index (χ0n) is 25.9. The number of aromatic nitrogens is 1. The second kappa shape index (κ2) is 11.8. The van der Waals surface area contributed by atoms with Gasteiger partial charge in [-0.25, -0.2) is 8.78 Å². The molecule has 2 atom stereocenters. The molecule has 1 aromatic heterocycles. The molecule has 0 bridgehead atoms. The lowest BCUT2D eigenvalue weighted by atomic mass is 9.99. The Morgan fingerprint density at radius 1 is 1.12 bits per heavy atom. The molecule has 1 aliphatic heterocycles. The van der Waals surface area contributed by atoms with Gasteiger partial charge in [0, 0.05) is 42.1 Å². The van der Waals surface area contributed by atoms with Gasteiger partial charge in [0.2, 0.25) is 0 Å². The summed E-state index contributed by atoms with van der Waals surface area (Å²) in [4.78, 5) is 19.4. The van der Waals surface area contributed by atoms with Crippen LogP contribution in [0.2, 0.25) is 0 Å². The fraction of sp³-hybridized carbons (Fsp3) is 0.471. The Hall–Kier alpha value is -3.56. The predicted molar refractivity (Wildman–Crippen MR) is 163 cm³/mol. The Morgan fingerprint density at radius 3 is 2.42 bits per heavy atom. The van der Waals surface area contributed by atoms with Gasteiger partial charge in [-0.2, -0.15) is 0 Å². The van der Waals surface area contributed by atoms with E-state index >= 15 is 0 Å². The van der Waals surface area contributed by atoms with Crippen molar-refractivity contribution in [3.63, 3.8) is 0 Å². The van der Waals surface area contributed by atoms with Crippen LogP contribution in [0.25, 0.3) is 17.0 Å². The van der Waals surface area contributed by atoms with Crippen LogP contribution in [0.4, 0.5) is 20.2 Å². The highest BCUT2D eigenvalue weighted by atomic mass is 19.2. The van der Waals surface area contributed by atoms with Crippen LogP contribution in [-0.2, 0) is 19.0 Å². The van der Waals surface area contributed by atoms with Gasteiger partial charge in [0.05, 0.1) is 42.6 Å². The first kappa shape index (κ1) is 30.9. The number of benzene rings is 2. The Kier molecular flexibility index (Phi) is 8.51. The summed E-state index contributed by atoms with van der Waals surface area (Å²) < 4.78 is 52.2. The predicted octanol–water partition coefficient (Wildman–Crippen LogP) is 7.82. The molecule has 1 aliphatic carbocycles. The van der Waals surface area contributed by atoms with Gasteiger partial charge in [0.25, 0.3) is 0 Å². The maximum absolute atomic E-state index is 14.7. The molecule has 0 unspecified atom stereocenters. The van der Waals surface area contributed by atoms with Gasteiger partial charge in [0.15, 0.2) is 17.4 Å². The van der Waals surface area contributed by atoms with E-state index in [9.17, 15) is 13.6 Å². The van der Waals surface area contributed by atoms with Crippen LogP contribution in [0.1, 0.15) is 77.5 Å². The number of ether oxygens (including phenoxy) is 4. The lowest BCUT2D eigenvalue weighted by molar-refractivity contribution is -0.290. The van der Waals surface area contributed by atoms with Gasteiger partial charge < -0.3 is 23.8 Å². The summed E-state index contributed by atoms with van der Waals surface area (Å²) in [6.45, 7) is 9.15. The summed E-state index contributed by atoms with van der Waals surface area (Å²) in [6, 6.07) is 9.93. The van der Waals surface area contributed by atoms with Gasteiger partial charge >= 0.3 is 5.97 Å². The van der Waals surface area contributed by atoms with E-state index in [1.807, 2.05) is 83.0 Å². The van der Waals surface area contributed by atoms with Crippen LogP contribution in [0.15, 0.2) is 42.5 Å². The molecular weight excluding hydrogens is 554 g/mol. The molecule has 1 saturated carbocycles. The Balaban J connectivity index is 1.56. The monoisotopic (exact) mass is 594 g/mol. The lowest BCUT2D eigenvalue weighted by Gasteiger charge is -2.40. The number of esters is 1. The van der Waals surface area contributed by atoms with Gasteiger partial charge in [0.1, 0.15) is 11.4 Å². The molecule has 3 aromatic rings. The third-order valence-electron chi connectivity index (χ3n) is 7.50. The average Bonchev–Trinajstić information content (AvgIpc) is 3.75. The molecule has 0 spiro atoms. The summed E-state index contributed by atoms with van der Waals surface area (Å²) in [7, 11) is 3.51. The number of pyridine rings is 1. The Morgan fingerprint density at radius 2 is 1.79 bits per heavy atom. The summed E-state index contributed by atoms with van der Waals surface area (Å²) in [6.07, 6.45) is 5.63. The molecular formula is C34H40F2N2O5. The zero-order chi connectivity index (χ0) is 31.1. The molecule has 9 heteroatoms. The minimum absolute atomic E-state index is 0.107. The normalized spacial score (nSPS) is 20.4. The first-order valence-electron chi connectivity index (χ1n) is 14.7. The second-order valence-electron chi connectivity index (χ2n) is 12.8. The van der Waals surface area contributed by atoms with E-state index in [2.05, 4.69) is 0 Å². The quantitative estimate of drug-likeness (QED) is 0.246. The molecule has 5 rings (SSSR count). The van der Waals surface area contributed by atoms with Crippen molar-refractivity contribution in [3.05, 3.63) is 65.4 Å². The molecule has 43 heavy (non-hydrogen) atoms. The van der Waals surface area contributed by atoms with Gasteiger partial charge in [-0.15, -0.1) is 0 Å². The fourth-order valence-electron chi connectivity index (χ4n) is 5.57. The number of fused-ring (bicyclic) bond motifs is 1. The summed E-state index contributed by atoms with van der Waals surface area (Å²) >= 11 is 0. The Labute approximate surface area is 251 Å². The van der Waals surface area contributed by atoms with Crippen molar-refractivity contribution in [2.24, 2.45) is 0 Å². The molecule has 2 fully saturated rings. The van der Waals surface area contributed by atoms with Crippen molar-refractivity contribution >= 4 is 34.3 Å². The molecule has 2 aromatic carbocycles. The molecule has 230 valence electrons. The smallest absolute Gasteiger partial charge is 0.308 e. The molecule has 1 saturated heterocycles. The van der Waals surface area contributed by atoms with Crippen molar-refractivity contribution < 1.29 is 32.5 Å². The van der Waals surface area contributed by atoms with E-state index in [4.69, 9.17) is 23.9 Å². The van der Waals surface area contributed by atoms with Crippen molar-refractivity contribution in [2.45, 2.75) is 89.8 Å². The molecule has 2 heterocycles. The van der Waals surface area contributed by atoms with E-state index in [1.54, 1.807) is 7.11 Å². The molecule has 0 radical (unpaired) electrons. The third kappa shape index (κ3) is 7.33. The van der Waals surface area contributed by atoms with Crippen LogP contribution in [0.5, 0.6) is 5.75 Å². The number of methoxy groups -OCH3 is 1. The summed E-state index contributed by atoms with van der Waals surface area (Å²) in [5.74, 6) is -2.20. The van der Waals surface area contributed by atoms with E-state index in [1.165, 1.54) is 12.1 Å². The number of hydrogen-bond acceptors (Lipinski definition) is 7. The number of carbonyl (C=O) groups excluding carboxylic acids is 1. The average molecular weight is 595 g/mol. The van der Waals surface area contributed by atoms with Crippen LogP contribution < -0.4 is 9.64 Å². The third-order valence-corrected chi connectivity index (χ3v) is 7.50. The minimum atomic E-state index is -0.938. The van der Waals surface area contributed by atoms with E-state index < -0.39 is 29.1 Å². The number of halogens is 2. The number of nitrogens with zero attached hydrogens (tertiary/aromatic N) is 2. The highest BCUT2D eigenvalue weighted by Crippen LogP contribution is 2.47. The standard InChI is InChI=1S/C34H40F2N2O5/c1-33(2,3)43-30(39)17-24-16-23(41-34(4,5)42-24)14-15-25-31(20-8-9-20)37-29-19-28(36)27(35)18-26(29)32(25)38(6)21-10-12-22(40-7)13-11-21/h10-15,18-20,23-24H,8-9,16-17H2,1-7H3/b15-14+/t23-,24-/m1/s1. The zero-order valence-corrected chi connectivity index (χ0v) is 25.9. The molecule has 0 N–H and O–H groups in total. The second-order valence-corrected chi connectivity index (χ2v) is 12.8. The van der Waals surface area contributed by atoms with Crippen molar-refractivity contribution in [2.75, 3.05) is 19.1 Å². The molecule has 2 aliphatic rings.